The number of rotatable bonds is 3. The number of ether oxygens (including phenoxy) is 1. The van der Waals surface area contributed by atoms with Gasteiger partial charge in [-0.05, 0) is 23.8 Å². The Bertz CT molecular complexity index is 591. The van der Waals surface area contributed by atoms with Crippen molar-refractivity contribution in [3.05, 3.63) is 52.7 Å². The highest BCUT2D eigenvalue weighted by Gasteiger charge is 2.06. The summed E-state index contributed by atoms with van der Waals surface area (Å²) in [5, 5.41) is 18.5. The van der Waals surface area contributed by atoms with Gasteiger partial charge in [0.1, 0.15) is 11.8 Å². The van der Waals surface area contributed by atoms with Gasteiger partial charge in [0.25, 0.3) is 0 Å². The summed E-state index contributed by atoms with van der Waals surface area (Å²) in [6, 6.07) is 10.2. The minimum Gasteiger partial charge on any atom is -0.438 e. The molecule has 2 rings (SSSR count). The molecule has 1 N–H and O–H groups in total. The van der Waals surface area contributed by atoms with E-state index < -0.39 is 0 Å². The Labute approximate surface area is 109 Å². The molecule has 1 aromatic heterocycles. The van der Waals surface area contributed by atoms with Gasteiger partial charge in [-0.15, -0.1) is 0 Å². The van der Waals surface area contributed by atoms with Crippen LogP contribution in [0.15, 0.2) is 36.5 Å². The van der Waals surface area contributed by atoms with E-state index in [0.717, 1.165) is 0 Å². The molecule has 0 saturated carbocycles. The Morgan fingerprint density at radius 3 is 2.78 bits per heavy atom. The van der Waals surface area contributed by atoms with Gasteiger partial charge in [0.05, 0.1) is 17.2 Å². The van der Waals surface area contributed by atoms with Crippen molar-refractivity contribution < 1.29 is 9.84 Å². The molecule has 0 atom stereocenters. The van der Waals surface area contributed by atoms with Crippen LogP contribution in [0.3, 0.4) is 0 Å². The number of nitrogens with zero attached hydrogens (tertiary/aromatic N) is 2. The average Bonchev–Trinajstić information content (AvgIpc) is 2.41. The molecule has 0 amide bonds. The van der Waals surface area contributed by atoms with E-state index in [4.69, 9.17) is 26.7 Å². The van der Waals surface area contributed by atoms with Gasteiger partial charge in [0.2, 0.25) is 5.88 Å². The van der Waals surface area contributed by atoms with Crippen LogP contribution in [-0.4, -0.2) is 10.1 Å². The van der Waals surface area contributed by atoms with Gasteiger partial charge in [0, 0.05) is 12.3 Å². The Morgan fingerprint density at radius 1 is 1.33 bits per heavy atom. The molecule has 1 aromatic carbocycles. The maximum absolute atomic E-state index is 9.01. The Kier molecular flexibility index (Phi) is 3.78. The maximum Gasteiger partial charge on any atom is 0.219 e. The van der Waals surface area contributed by atoms with Crippen molar-refractivity contribution >= 4 is 11.6 Å². The number of pyridine rings is 1. The predicted molar refractivity (Wildman–Crippen MR) is 66.4 cm³/mol. The number of nitriles is 1. The molecule has 0 spiro atoms. The quantitative estimate of drug-likeness (QED) is 0.921. The van der Waals surface area contributed by atoms with E-state index >= 15 is 0 Å². The summed E-state index contributed by atoms with van der Waals surface area (Å²) in [6.07, 6.45) is 1.46. The van der Waals surface area contributed by atoms with Crippen LogP contribution in [0.5, 0.6) is 11.6 Å². The Balaban J connectivity index is 2.29. The molecule has 0 bridgehead atoms. The lowest BCUT2D eigenvalue weighted by atomic mass is 10.1. The van der Waals surface area contributed by atoms with Crippen LogP contribution >= 0.6 is 11.6 Å². The highest BCUT2D eigenvalue weighted by Crippen LogP contribution is 2.25. The van der Waals surface area contributed by atoms with Crippen LogP contribution < -0.4 is 4.74 Å². The molecule has 5 heteroatoms. The van der Waals surface area contributed by atoms with Gasteiger partial charge >= 0.3 is 0 Å². The van der Waals surface area contributed by atoms with E-state index in [0.29, 0.717) is 27.8 Å². The molecule has 4 nitrogen and oxygen atoms in total. The van der Waals surface area contributed by atoms with Gasteiger partial charge < -0.3 is 9.84 Å². The summed E-state index contributed by atoms with van der Waals surface area (Å²) >= 11 is 5.71. The third kappa shape index (κ3) is 2.77. The minimum atomic E-state index is -0.117. The van der Waals surface area contributed by atoms with Gasteiger partial charge in [-0.3, -0.25) is 0 Å². The monoisotopic (exact) mass is 260 g/mol. The molecule has 2 aromatic rings. The van der Waals surface area contributed by atoms with Gasteiger partial charge in [0.15, 0.2) is 0 Å². The van der Waals surface area contributed by atoms with Crippen LogP contribution in [0, 0.1) is 11.3 Å². The van der Waals surface area contributed by atoms with Crippen molar-refractivity contribution in [3.8, 4) is 17.7 Å². The van der Waals surface area contributed by atoms with Crippen LogP contribution in [0.25, 0.3) is 0 Å². The standard InChI is InChI=1S/C13H9ClN2O2/c14-11-2-4-13(16-7-11)18-12-3-1-9(8-17)5-10(12)6-15/h1-5,7,17H,8H2. The highest BCUT2D eigenvalue weighted by atomic mass is 35.5. The third-order valence-corrected chi connectivity index (χ3v) is 2.49. The van der Waals surface area contributed by atoms with E-state index in [1.54, 1.807) is 30.3 Å². The molecule has 0 radical (unpaired) electrons. The lowest BCUT2D eigenvalue weighted by Crippen LogP contribution is -1.92. The second-order valence-corrected chi connectivity index (χ2v) is 3.95. The largest absolute Gasteiger partial charge is 0.438 e. The smallest absolute Gasteiger partial charge is 0.219 e. The molecule has 0 aliphatic heterocycles. The summed E-state index contributed by atoms with van der Waals surface area (Å²) in [4.78, 5) is 3.98. The first kappa shape index (κ1) is 12.4. The molecule has 0 aliphatic rings. The Hall–Kier alpha value is -2.09. The number of aliphatic hydroxyl groups is 1. The van der Waals surface area contributed by atoms with Crippen molar-refractivity contribution in [2.75, 3.05) is 0 Å². The lowest BCUT2D eigenvalue weighted by Gasteiger charge is -2.07. The molecule has 0 saturated heterocycles. The summed E-state index contributed by atoms with van der Waals surface area (Å²) in [6.45, 7) is -0.117. The fraction of sp³-hybridized carbons (Fsp3) is 0.0769. The summed E-state index contributed by atoms with van der Waals surface area (Å²) < 4.78 is 5.48. The predicted octanol–water partition coefficient (Wildman–Crippen LogP) is 2.89. The number of benzene rings is 1. The number of aromatic nitrogens is 1. The zero-order chi connectivity index (χ0) is 13.0. The number of hydrogen-bond donors (Lipinski definition) is 1. The molecular formula is C13H9ClN2O2. The number of halogens is 1. The molecule has 18 heavy (non-hydrogen) atoms. The molecule has 1 heterocycles. The normalized spacial score (nSPS) is 9.83. The Morgan fingerprint density at radius 2 is 2.17 bits per heavy atom. The van der Waals surface area contributed by atoms with Crippen LogP contribution in [-0.2, 0) is 6.61 Å². The second kappa shape index (κ2) is 5.50. The first-order valence-corrected chi connectivity index (χ1v) is 5.54. The third-order valence-electron chi connectivity index (χ3n) is 2.26. The van der Waals surface area contributed by atoms with E-state index in [2.05, 4.69) is 4.98 Å². The van der Waals surface area contributed by atoms with Crippen LogP contribution in [0.1, 0.15) is 11.1 Å². The SMILES string of the molecule is N#Cc1cc(CO)ccc1Oc1ccc(Cl)cn1. The highest BCUT2D eigenvalue weighted by molar-refractivity contribution is 6.30. The van der Waals surface area contributed by atoms with Crippen molar-refractivity contribution in [2.45, 2.75) is 6.61 Å². The molecule has 0 fully saturated rings. The lowest BCUT2D eigenvalue weighted by molar-refractivity contribution is 0.281. The van der Waals surface area contributed by atoms with E-state index in [-0.39, 0.29) is 6.61 Å². The first-order chi connectivity index (χ1) is 8.72. The zero-order valence-electron chi connectivity index (χ0n) is 9.30. The van der Waals surface area contributed by atoms with Crippen molar-refractivity contribution in [3.63, 3.8) is 0 Å². The second-order valence-electron chi connectivity index (χ2n) is 3.52. The van der Waals surface area contributed by atoms with Crippen molar-refractivity contribution in [1.82, 2.24) is 4.98 Å². The van der Waals surface area contributed by atoms with Gasteiger partial charge in [-0.1, -0.05) is 17.7 Å². The fourth-order valence-corrected chi connectivity index (χ4v) is 1.50. The molecule has 0 unspecified atom stereocenters. The minimum absolute atomic E-state index is 0.117. The van der Waals surface area contributed by atoms with E-state index in [9.17, 15) is 0 Å². The van der Waals surface area contributed by atoms with Gasteiger partial charge in [-0.2, -0.15) is 5.26 Å². The van der Waals surface area contributed by atoms with Crippen LogP contribution in [0.2, 0.25) is 5.02 Å². The average molecular weight is 261 g/mol. The van der Waals surface area contributed by atoms with Gasteiger partial charge in [-0.25, -0.2) is 4.98 Å². The topological polar surface area (TPSA) is 66.1 Å². The zero-order valence-corrected chi connectivity index (χ0v) is 10.1. The number of aliphatic hydroxyl groups excluding tert-OH is 1. The fourth-order valence-electron chi connectivity index (χ4n) is 1.39. The summed E-state index contributed by atoms with van der Waals surface area (Å²) in [5.74, 6) is 0.747. The maximum atomic E-state index is 9.01. The van der Waals surface area contributed by atoms with E-state index in [1.165, 1.54) is 6.20 Å². The molecule has 90 valence electrons. The van der Waals surface area contributed by atoms with Crippen molar-refractivity contribution in [1.29, 1.82) is 5.26 Å². The van der Waals surface area contributed by atoms with Crippen LogP contribution in [0.4, 0.5) is 0 Å². The summed E-state index contributed by atoms with van der Waals surface area (Å²) in [7, 11) is 0. The van der Waals surface area contributed by atoms with E-state index in [1.807, 2.05) is 6.07 Å². The molecular weight excluding hydrogens is 252 g/mol. The summed E-state index contributed by atoms with van der Waals surface area (Å²) in [5.41, 5.74) is 1.00. The molecule has 0 aliphatic carbocycles. The van der Waals surface area contributed by atoms with Crippen molar-refractivity contribution in [2.24, 2.45) is 0 Å². The first-order valence-electron chi connectivity index (χ1n) is 5.16. The number of hydrogen-bond acceptors (Lipinski definition) is 4.